The summed E-state index contributed by atoms with van der Waals surface area (Å²) >= 11 is 0. The second-order valence-electron chi connectivity index (χ2n) is 4.13. The molecule has 0 aromatic rings. The molecule has 2 rings (SSSR count). The Morgan fingerprint density at radius 3 is 2.24 bits per heavy atom. The molecule has 1 aliphatic carbocycles. The smallest absolute Gasteiger partial charge is 0.308 e. The highest BCUT2D eigenvalue weighted by molar-refractivity contribution is 5.72. The summed E-state index contributed by atoms with van der Waals surface area (Å²) in [5.41, 5.74) is 0. The first-order valence-electron chi connectivity index (χ1n) is 6.70. The molecule has 0 N–H and O–H groups in total. The Morgan fingerprint density at radius 1 is 1.24 bits per heavy atom. The van der Waals surface area contributed by atoms with Crippen LogP contribution in [0.5, 0.6) is 0 Å². The summed E-state index contributed by atoms with van der Waals surface area (Å²) in [5, 5.41) is 0. The summed E-state index contributed by atoms with van der Waals surface area (Å²) in [6.07, 6.45) is 3.27. The van der Waals surface area contributed by atoms with Crippen LogP contribution in [-0.2, 0) is 19.0 Å². The minimum Gasteiger partial charge on any atom is -0.466 e. The van der Waals surface area contributed by atoms with Crippen molar-refractivity contribution in [3.8, 4) is 0 Å². The molecule has 100 valence electrons. The Morgan fingerprint density at radius 2 is 1.76 bits per heavy atom. The number of hydrogen-bond donors (Lipinski definition) is 0. The molecular formula is C13H24O4. The molecule has 0 radical (unpaired) electrons. The van der Waals surface area contributed by atoms with Crippen molar-refractivity contribution < 1.29 is 19.0 Å². The highest BCUT2D eigenvalue weighted by Gasteiger charge is 2.42. The Bertz CT molecular complexity index is 224. The molecule has 4 heteroatoms. The van der Waals surface area contributed by atoms with Gasteiger partial charge in [-0.2, -0.15) is 0 Å². The predicted octanol–water partition coefficient (Wildman–Crippen LogP) is 2.51. The quantitative estimate of drug-likeness (QED) is 0.700. The molecule has 1 spiro atoms. The SMILES string of the molecule is CC.CCOC(=O)C1CCC2(CC1)OCCO2. The van der Waals surface area contributed by atoms with Crippen LogP contribution in [0.25, 0.3) is 0 Å². The maximum Gasteiger partial charge on any atom is 0.308 e. The average Bonchev–Trinajstić information content (AvgIpc) is 2.81. The number of rotatable bonds is 2. The van der Waals surface area contributed by atoms with E-state index in [1.807, 2.05) is 20.8 Å². The van der Waals surface area contributed by atoms with Crippen molar-refractivity contribution >= 4 is 5.97 Å². The number of esters is 1. The van der Waals surface area contributed by atoms with Crippen LogP contribution in [0.4, 0.5) is 0 Å². The summed E-state index contributed by atoms with van der Waals surface area (Å²) in [6.45, 7) is 7.67. The number of hydrogen-bond acceptors (Lipinski definition) is 4. The summed E-state index contributed by atoms with van der Waals surface area (Å²) in [7, 11) is 0. The fourth-order valence-corrected chi connectivity index (χ4v) is 2.34. The molecule has 2 fully saturated rings. The van der Waals surface area contributed by atoms with Crippen LogP contribution < -0.4 is 0 Å². The highest BCUT2D eigenvalue weighted by Crippen LogP contribution is 2.38. The largest absolute Gasteiger partial charge is 0.466 e. The van der Waals surface area contributed by atoms with E-state index in [0.29, 0.717) is 19.8 Å². The molecule has 0 amide bonds. The van der Waals surface area contributed by atoms with Gasteiger partial charge in [-0.3, -0.25) is 4.79 Å². The van der Waals surface area contributed by atoms with Gasteiger partial charge in [0.05, 0.1) is 25.7 Å². The number of carbonyl (C=O) groups excluding carboxylic acids is 1. The van der Waals surface area contributed by atoms with Gasteiger partial charge in [0.1, 0.15) is 0 Å². The van der Waals surface area contributed by atoms with Gasteiger partial charge in [0.25, 0.3) is 0 Å². The fraction of sp³-hybridized carbons (Fsp3) is 0.923. The Kier molecular flexibility index (Phi) is 5.92. The van der Waals surface area contributed by atoms with Gasteiger partial charge >= 0.3 is 5.97 Å². The average molecular weight is 244 g/mol. The van der Waals surface area contributed by atoms with E-state index in [1.54, 1.807) is 0 Å². The van der Waals surface area contributed by atoms with Gasteiger partial charge in [0, 0.05) is 12.8 Å². The third-order valence-corrected chi connectivity index (χ3v) is 3.18. The zero-order chi connectivity index (χ0) is 12.7. The molecule has 2 aliphatic rings. The molecular weight excluding hydrogens is 220 g/mol. The topological polar surface area (TPSA) is 44.8 Å². The van der Waals surface area contributed by atoms with Crippen molar-refractivity contribution in [1.82, 2.24) is 0 Å². The maximum atomic E-state index is 11.5. The molecule has 1 aliphatic heterocycles. The first-order valence-corrected chi connectivity index (χ1v) is 6.70. The lowest BCUT2D eigenvalue weighted by atomic mass is 9.85. The molecule has 0 atom stereocenters. The lowest BCUT2D eigenvalue weighted by Gasteiger charge is -2.34. The van der Waals surface area contributed by atoms with Gasteiger partial charge < -0.3 is 14.2 Å². The van der Waals surface area contributed by atoms with E-state index in [-0.39, 0.29) is 17.7 Å². The van der Waals surface area contributed by atoms with Gasteiger partial charge in [0.15, 0.2) is 5.79 Å². The lowest BCUT2D eigenvalue weighted by molar-refractivity contribution is -0.187. The molecule has 0 unspecified atom stereocenters. The van der Waals surface area contributed by atoms with Gasteiger partial charge in [-0.15, -0.1) is 0 Å². The van der Waals surface area contributed by atoms with Gasteiger partial charge in [-0.05, 0) is 19.8 Å². The Balaban J connectivity index is 0.000000686. The summed E-state index contributed by atoms with van der Waals surface area (Å²) in [4.78, 5) is 11.5. The van der Waals surface area contributed by atoms with E-state index >= 15 is 0 Å². The zero-order valence-corrected chi connectivity index (χ0v) is 11.2. The molecule has 1 saturated heterocycles. The van der Waals surface area contributed by atoms with E-state index < -0.39 is 0 Å². The molecule has 0 bridgehead atoms. The van der Waals surface area contributed by atoms with Crippen molar-refractivity contribution in [1.29, 1.82) is 0 Å². The lowest BCUT2D eigenvalue weighted by Crippen LogP contribution is -2.37. The molecule has 0 aromatic carbocycles. The molecule has 1 saturated carbocycles. The third kappa shape index (κ3) is 3.68. The van der Waals surface area contributed by atoms with Gasteiger partial charge in [-0.25, -0.2) is 0 Å². The van der Waals surface area contributed by atoms with E-state index in [2.05, 4.69) is 0 Å². The second-order valence-corrected chi connectivity index (χ2v) is 4.13. The van der Waals surface area contributed by atoms with Crippen LogP contribution in [0.2, 0.25) is 0 Å². The summed E-state index contributed by atoms with van der Waals surface area (Å²) in [6, 6.07) is 0. The van der Waals surface area contributed by atoms with Crippen LogP contribution in [0, 0.1) is 5.92 Å². The van der Waals surface area contributed by atoms with Gasteiger partial charge in [-0.1, -0.05) is 13.8 Å². The first kappa shape index (κ1) is 14.5. The molecule has 0 aromatic heterocycles. The minimum absolute atomic E-state index is 0.0448. The molecule has 4 nitrogen and oxygen atoms in total. The predicted molar refractivity (Wildman–Crippen MR) is 64.6 cm³/mol. The standard InChI is InChI=1S/C11H18O4.C2H6/c1-2-13-10(12)9-3-5-11(6-4-9)14-7-8-15-11;1-2/h9H,2-8H2,1H3;1-2H3. The van der Waals surface area contributed by atoms with Gasteiger partial charge in [0.2, 0.25) is 0 Å². The van der Waals surface area contributed by atoms with E-state index in [9.17, 15) is 4.79 Å². The van der Waals surface area contributed by atoms with Crippen molar-refractivity contribution in [2.45, 2.75) is 52.2 Å². The Hall–Kier alpha value is -0.610. The van der Waals surface area contributed by atoms with E-state index in [1.165, 1.54) is 0 Å². The summed E-state index contributed by atoms with van der Waals surface area (Å²) < 4.78 is 16.2. The van der Waals surface area contributed by atoms with Crippen molar-refractivity contribution in [2.24, 2.45) is 5.92 Å². The van der Waals surface area contributed by atoms with Crippen molar-refractivity contribution in [3.05, 3.63) is 0 Å². The third-order valence-electron chi connectivity index (χ3n) is 3.18. The number of ether oxygens (including phenoxy) is 3. The monoisotopic (exact) mass is 244 g/mol. The van der Waals surface area contributed by atoms with Crippen LogP contribution in [0.3, 0.4) is 0 Å². The summed E-state index contributed by atoms with van der Waals surface area (Å²) in [5.74, 6) is -0.392. The Labute approximate surface area is 104 Å². The zero-order valence-electron chi connectivity index (χ0n) is 11.2. The van der Waals surface area contributed by atoms with E-state index in [4.69, 9.17) is 14.2 Å². The first-order chi connectivity index (χ1) is 8.26. The second kappa shape index (κ2) is 6.97. The number of carbonyl (C=O) groups is 1. The minimum atomic E-state index is -0.372. The highest BCUT2D eigenvalue weighted by atomic mass is 16.7. The van der Waals surface area contributed by atoms with Crippen molar-refractivity contribution in [2.75, 3.05) is 19.8 Å². The van der Waals surface area contributed by atoms with Crippen LogP contribution in [0.15, 0.2) is 0 Å². The normalized spacial score (nSPS) is 23.0. The molecule has 17 heavy (non-hydrogen) atoms. The van der Waals surface area contributed by atoms with Crippen LogP contribution >= 0.6 is 0 Å². The fourth-order valence-electron chi connectivity index (χ4n) is 2.34. The van der Waals surface area contributed by atoms with Crippen LogP contribution in [-0.4, -0.2) is 31.6 Å². The maximum absolute atomic E-state index is 11.5. The van der Waals surface area contributed by atoms with Crippen LogP contribution in [0.1, 0.15) is 46.5 Å². The molecule has 1 heterocycles. The van der Waals surface area contributed by atoms with E-state index in [0.717, 1.165) is 25.7 Å². The van der Waals surface area contributed by atoms with Crippen molar-refractivity contribution in [3.63, 3.8) is 0 Å².